The van der Waals surface area contributed by atoms with Crippen LogP contribution in [0.3, 0.4) is 0 Å². The average Bonchev–Trinajstić information content (AvgIpc) is 2.62. The van der Waals surface area contributed by atoms with Gasteiger partial charge in [-0.25, -0.2) is 0 Å². The van der Waals surface area contributed by atoms with E-state index >= 15 is 0 Å². The average molecular weight is 341 g/mol. The molecule has 1 aromatic carbocycles. The number of piperidine rings is 1. The lowest BCUT2D eigenvalue weighted by Gasteiger charge is -2.58. The number of benzene rings is 1. The van der Waals surface area contributed by atoms with Gasteiger partial charge in [-0.15, -0.1) is 0 Å². The second-order valence-electron chi connectivity index (χ2n) is 8.02. The molecule has 1 saturated carbocycles. The molecule has 0 radical (unpaired) electrons. The van der Waals surface area contributed by atoms with Crippen LogP contribution in [0, 0.1) is 5.92 Å². The van der Waals surface area contributed by atoms with Gasteiger partial charge in [-0.3, -0.25) is 20.4 Å². The maximum absolute atomic E-state index is 12.4. The molecule has 25 heavy (non-hydrogen) atoms. The van der Waals surface area contributed by atoms with Gasteiger partial charge in [0.25, 0.3) is 5.91 Å². The van der Waals surface area contributed by atoms with Gasteiger partial charge in [0.1, 0.15) is 0 Å². The minimum Gasteiger partial charge on any atom is -0.303 e. The highest BCUT2D eigenvalue weighted by Gasteiger charge is 2.53. The first-order valence-electron chi connectivity index (χ1n) is 9.42. The number of amides is 2. The second kappa shape index (κ2) is 6.13. The number of likely N-dealkylation sites (tertiary alicyclic amines) is 1. The number of rotatable bonds is 1. The molecule has 4 rings (SSSR count). The summed E-state index contributed by atoms with van der Waals surface area (Å²) in [5, 5.41) is 0. The van der Waals surface area contributed by atoms with Crippen molar-refractivity contribution < 1.29 is 9.59 Å². The number of carbonyl (C=O) groups is 2. The summed E-state index contributed by atoms with van der Waals surface area (Å²) in [4.78, 5) is 26.0. The molecule has 5 heteroatoms. The standard InChI is InChI=1S/C20H27N3O2/c1-13(24)21-22-19(25)15-7-6-14-12-18-16-5-3-4-8-20(16,17(14)11-15)9-10-23(18)2/h6-7,11,16,18H,3-5,8-10,12H2,1-2H3,(H,21,24)(H,22,25)/t16?,18-,20-/m0/s1. The van der Waals surface area contributed by atoms with Crippen LogP contribution in [-0.4, -0.2) is 36.3 Å². The van der Waals surface area contributed by atoms with Crippen LogP contribution >= 0.6 is 0 Å². The highest BCUT2D eigenvalue weighted by Crippen LogP contribution is 2.55. The van der Waals surface area contributed by atoms with E-state index in [1.54, 1.807) is 0 Å². The van der Waals surface area contributed by atoms with Crippen LogP contribution in [-0.2, 0) is 16.6 Å². The molecule has 134 valence electrons. The van der Waals surface area contributed by atoms with Crippen molar-refractivity contribution in [2.45, 2.75) is 56.9 Å². The molecule has 1 unspecified atom stereocenters. The van der Waals surface area contributed by atoms with E-state index in [9.17, 15) is 9.59 Å². The Morgan fingerprint density at radius 3 is 2.84 bits per heavy atom. The Bertz CT molecular complexity index is 717. The maximum Gasteiger partial charge on any atom is 0.269 e. The zero-order chi connectivity index (χ0) is 17.6. The lowest BCUT2D eigenvalue weighted by Crippen LogP contribution is -2.59. The third kappa shape index (κ3) is 2.65. The zero-order valence-electron chi connectivity index (χ0n) is 15.1. The smallest absolute Gasteiger partial charge is 0.269 e. The van der Waals surface area contributed by atoms with Gasteiger partial charge in [-0.2, -0.15) is 0 Å². The van der Waals surface area contributed by atoms with Crippen LogP contribution in [0.4, 0.5) is 0 Å². The van der Waals surface area contributed by atoms with Crippen molar-refractivity contribution in [3.05, 3.63) is 34.9 Å². The predicted molar refractivity (Wildman–Crippen MR) is 96.1 cm³/mol. The molecule has 1 aliphatic heterocycles. The molecular formula is C20H27N3O2. The summed E-state index contributed by atoms with van der Waals surface area (Å²) in [6, 6.07) is 6.77. The Balaban J connectivity index is 1.71. The third-order valence-electron chi connectivity index (χ3n) is 6.73. The van der Waals surface area contributed by atoms with Gasteiger partial charge < -0.3 is 4.90 Å². The maximum atomic E-state index is 12.4. The summed E-state index contributed by atoms with van der Waals surface area (Å²) in [5.74, 6) is 0.202. The van der Waals surface area contributed by atoms with Crippen molar-refractivity contribution in [3.63, 3.8) is 0 Å². The SMILES string of the molecule is CC(=O)NNC(=O)c1ccc2c(c1)[C@]13CCCCC1[C@H](C2)N(C)CC3. The summed E-state index contributed by atoms with van der Waals surface area (Å²) >= 11 is 0. The molecule has 3 atom stereocenters. The molecule has 1 heterocycles. The number of nitrogens with zero attached hydrogens (tertiary/aromatic N) is 1. The first kappa shape index (κ1) is 16.6. The summed E-state index contributed by atoms with van der Waals surface area (Å²) in [6.07, 6.45) is 7.44. The normalized spacial score (nSPS) is 30.8. The number of carbonyl (C=O) groups excluding carboxylic acids is 2. The Morgan fingerprint density at radius 1 is 1.20 bits per heavy atom. The molecular weight excluding hydrogens is 314 g/mol. The molecule has 2 N–H and O–H groups in total. The second-order valence-corrected chi connectivity index (χ2v) is 8.02. The van der Waals surface area contributed by atoms with Crippen molar-refractivity contribution in [2.24, 2.45) is 5.92 Å². The largest absolute Gasteiger partial charge is 0.303 e. The van der Waals surface area contributed by atoms with Crippen molar-refractivity contribution in [1.29, 1.82) is 0 Å². The zero-order valence-corrected chi connectivity index (χ0v) is 15.1. The molecule has 2 aliphatic carbocycles. The Labute approximate surface area is 149 Å². The fraction of sp³-hybridized carbons (Fsp3) is 0.600. The monoisotopic (exact) mass is 341 g/mol. The number of nitrogens with one attached hydrogen (secondary N) is 2. The number of fused-ring (bicyclic) bond motifs is 1. The van der Waals surface area contributed by atoms with E-state index in [0.29, 0.717) is 17.5 Å². The minimum atomic E-state index is -0.268. The lowest BCUT2D eigenvalue weighted by molar-refractivity contribution is -0.119. The first-order valence-corrected chi connectivity index (χ1v) is 9.42. The molecule has 1 aromatic rings. The van der Waals surface area contributed by atoms with Crippen molar-refractivity contribution >= 4 is 11.8 Å². The van der Waals surface area contributed by atoms with Crippen LogP contribution in [0.1, 0.15) is 60.5 Å². The van der Waals surface area contributed by atoms with Crippen LogP contribution in [0.2, 0.25) is 0 Å². The fourth-order valence-corrected chi connectivity index (χ4v) is 5.55. The number of hydrazine groups is 1. The van der Waals surface area contributed by atoms with Gasteiger partial charge in [-0.05, 0) is 68.5 Å². The lowest BCUT2D eigenvalue weighted by atomic mass is 9.52. The molecule has 2 bridgehead atoms. The van der Waals surface area contributed by atoms with E-state index in [1.165, 1.54) is 50.2 Å². The van der Waals surface area contributed by atoms with Crippen LogP contribution < -0.4 is 10.9 Å². The summed E-state index contributed by atoms with van der Waals surface area (Å²) in [6.45, 7) is 2.53. The van der Waals surface area contributed by atoms with E-state index in [1.807, 2.05) is 6.07 Å². The number of hydrogen-bond acceptors (Lipinski definition) is 3. The fourth-order valence-electron chi connectivity index (χ4n) is 5.55. The van der Waals surface area contributed by atoms with E-state index < -0.39 is 0 Å². The first-order chi connectivity index (χ1) is 12.0. The van der Waals surface area contributed by atoms with Gasteiger partial charge in [0.15, 0.2) is 0 Å². The van der Waals surface area contributed by atoms with Crippen LogP contribution in [0.5, 0.6) is 0 Å². The summed E-state index contributed by atoms with van der Waals surface area (Å²) < 4.78 is 0. The molecule has 0 aromatic heterocycles. The molecule has 0 spiro atoms. The highest BCUT2D eigenvalue weighted by molar-refractivity contribution is 5.95. The topological polar surface area (TPSA) is 61.4 Å². The van der Waals surface area contributed by atoms with Crippen molar-refractivity contribution in [1.82, 2.24) is 15.8 Å². The molecule has 5 nitrogen and oxygen atoms in total. The Hall–Kier alpha value is -1.88. The van der Waals surface area contributed by atoms with Gasteiger partial charge in [0, 0.05) is 23.9 Å². The van der Waals surface area contributed by atoms with Gasteiger partial charge in [0.2, 0.25) is 5.91 Å². The van der Waals surface area contributed by atoms with Gasteiger partial charge in [-0.1, -0.05) is 18.9 Å². The van der Waals surface area contributed by atoms with E-state index in [4.69, 9.17) is 0 Å². The van der Waals surface area contributed by atoms with Crippen LogP contribution in [0.15, 0.2) is 18.2 Å². The quantitative estimate of drug-likeness (QED) is 0.770. The van der Waals surface area contributed by atoms with Crippen LogP contribution in [0.25, 0.3) is 0 Å². The van der Waals surface area contributed by atoms with Crippen molar-refractivity contribution in [2.75, 3.05) is 13.6 Å². The van der Waals surface area contributed by atoms with Gasteiger partial charge in [0.05, 0.1) is 0 Å². The summed E-state index contributed by atoms with van der Waals surface area (Å²) in [7, 11) is 2.27. The van der Waals surface area contributed by atoms with E-state index in [2.05, 4.69) is 34.9 Å². The van der Waals surface area contributed by atoms with E-state index in [0.717, 1.165) is 13.0 Å². The molecule has 1 saturated heterocycles. The van der Waals surface area contributed by atoms with Gasteiger partial charge >= 0.3 is 0 Å². The summed E-state index contributed by atoms with van der Waals surface area (Å²) in [5.41, 5.74) is 8.57. The number of hydrogen-bond donors (Lipinski definition) is 2. The minimum absolute atomic E-state index is 0.239. The molecule has 3 aliphatic rings. The Kier molecular flexibility index (Phi) is 4.07. The third-order valence-corrected chi connectivity index (χ3v) is 6.73. The Morgan fingerprint density at radius 2 is 2.04 bits per heavy atom. The number of likely N-dealkylation sites (N-methyl/N-ethyl adjacent to an activating group) is 1. The highest BCUT2D eigenvalue weighted by atomic mass is 16.2. The molecule has 2 fully saturated rings. The van der Waals surface area contributed by atoms with Crippen molar-refractivity contribution in [3.8, 4) is 0 Å². The van der Waals surface area contributed by atoms with E-state index in [-0.39, 0.29) is 17.2 Å². The molecule has 2 amide bonds. The predicted octanol–water partition coefficient (Wildman–Crippen LogP) is 2.16.